The van der Waals surface area contributed by atoms with Crippen LogP contribution in [0.5, 0.6) is 0 Å². The molecule has 0 saturated heterocycles. The van der Waals surface area contributed by atoms with Crippen LogP contribution >= 0.6 is 0 Å². The van der Waals surface area contributed by atoms with E-state index in [2.05, 4.69) is 24.9 Å². The lowest BCUT2D eigenvalue weighted by atomic mass is 10.2. The van der Waals surface area contributed by atoms with Gasteiger partial charge in [0, 0.05) is 31.6 Å². The van der Waals surface area contributed by atoms with E-state index in [9.17, 15) is 0 Å². The van der Waals surface area contributed by atoms with Crippen molar-refractivity contribution in [3.63, 3.8) is 0 Å². The summed E-state index contributed by atoms with van der Waals surface area (Å²) in [5.74, 6) is 0.843. The Morgan fingerprint density at radius 1 is 1.35 bits per heavy atom. The molecular formula is C14H22N2O. The molecule has 1 saturated carbocycles. The van der Waals surface area contributed by atoms with Gasteiger partial charge in [-0.15, -0.1) is 0 Å². The Morgan fingerprint density at radius 2 is 2.12 bits per heavy atom. The number of nitrogens with zero attached hydrogens (tertiary/aromatic N) is 1. The van der Waals surface area contributed by atoms with E-state index in [4.69, 9.17) is 10.5 Å². The molecule has 0 spiro atoms. The molecule has 0 heterocycles. The summed E-state index contributed by atoms with van der Waals surface area (Å²) in [4.78, 5) is 2.19. The minimum atomic E-state index is 0.793. The van der Waals surface area contributed by atoms with Crippen molar-refractivity contribution < 1.29 is 4.74 Å². The highest BCUT2D eigenvalue weighted by atomic mass is 16.5. The van der Waals surface area contributed by atoms with Gasteiger partial charge in [0.15, 0.2) is 0 Å². The highest BCUT2D eigenvalue weighted by Gasteiger charge is 2.20. The summed E-state index contributed by atoms with van der Waals surface area (Å²) >= 11 is 0. The molecule has 17 heavy (non-hydrogen) atoms. The topological polar surface area (TPSA) is 38.5 Å². The summed E-state index contributed by atoms with van der Waals surface area (Å²) in [6.07, 6.45) is 2.70. The van der Waals surface area contributed by atoms with Crippen molar-refractivity contribution >= 4 is 11.4 Å². The van der Waals surface area contributed by atoms with Crippen LogP contribution in [0.3, 0.4) is 0 Å². The Bertz CT molecular complexity index is 354. The molecule has 0 aromatic heterocycles. The first-order chi connectivity index (χ1) is 8.15. The Kier molecular flexibility index (Phi) is 3.89. The van der Waals surface area contributed by atoms with Crippen molar-refractivity contribution in [3.05, 3.63) is 23.8 Å². The predicted octanol–water partition coefficient (Wildman–Crippen LogP) is 2.44. The molecule has 0 unspecified atom stereocenters. The zero-order chi connectivity index (χ0) is 12.3. The van der Waals surface area contributed by atoms with Crippen LogP contribution in [-0.4, -0.2) is 26.8 Å². The number of hydrogen-bond donors (Lipinski definition) is 1. The van der Waals surface area contributed by atoms with Crippen molar-refractivity contribution in [2.75, 3.05) is 37.4 Å². The minimum absolute atomic E-state index is 0.793. The van der Waals surface area contributed by atoms with Crippen molar-refractivity contribution in [1.82, 2.24) is 0 Å². The maximum Gasteiger partial charge on any atom is 0.0641 e. The number of ether oxygens (including phenoxy) is 1. The smallest absolute Gasteiger partial charge is 0.0641 e. The standard InChI is InChI=1S/C14H22N2O/c1-11-7-13(15)9-14(8-11)16(2)5-6-17-10-12-3-4-12/h7-9,12H,3-6,10,15H2,1-2H3. The van der Waals surface area contributed by atoms with E-state index < -0.39 is 0 Å². The molecule has 0 radical (unpaired) electrons. The summed E-state index contributed by atoms with van der Waals surface area (Å²) in [6, 6.07) is 6.14. The molecule has 3 nitrogen and oxygen atoms in total. The molecule has 2 rings (SSSR count). The third-order valence-corrected chi connectivity index (χ3v) is 3.15. The lowest BCUT2D eigenvalue weighted by molar-refractivity contribution is 0.131. The van der Waals surface area contributed by atoms with Gasteiger partial charge in [-0.3, -0.25) is 0 Å². The van der Waals surface area contributed by atoms with E-state index in [1.165, 1.54) is 18.4 Å². The third-order valence-electron chi connectivity index (χ3n) is 3.15. The van der Waals surface area contributed by atoms with Crippen molar-refractivity contribution in [1.29, 1.82) is 0 Å². The van der Waals surface area contributed by atoms with E-state index >= 15 is 0 Å². The van der Waals surface area contributed by atoms with Crippen LogP contribution in [0.25, 0.3) is 0 Å². The maximum absolute atomic E-state index is 5.84. The van der Waals surface area contributed by atoms with Gasteiger partial charge in [-0.05, 0) is 49.4 Å². The first kappa shape index (κ1) is 12.2. The van der Waals surface area contributed by atoms with Crippen LogP contribution in [0.15, 0.2) is 18.2 Å². The Morgan fingerprint density at radius 3 is 2.76 bits per heavy atom. The second-order valence-electron chi connectivity index (χ2n) is 5.04. The minimum Gasteiger partial charge on any atom is -0.399 e. The number of anilines is 2. The number of nitrogen functional groups attached to an aromatic ring is 1. The molecule has 94 valence electrons. The van der Waals surface area contributed by atoms with Gasteiger partial charge < -0.3 is 15.4 Å². The Hall–Kier alpha value is -1.22. The summed E-state index contributed by atoms with van der Waals surface area (Å²) in [6.45, 7) is 4.71. The van der Waals surface area contributed by atoms with Gasteiger partial charge in [0.1, 0.15) is 0 Å². The fraction of sp³-hybridized carbons (Fsp3) is 0.571. The van der Waals surface area contributed by atoms with E-state index in [0.29, 0.717) is 0 Å². The van der Waals surface area contributed by atoms with Gasteiger partial charge in [0.25, 0.3) is 0 Å². The van der Waals surface area contributed by atoms with E-state index in [1.54, 1.807) is 0 Å². The zero-order valence-electron chi connectivity index (χ0n) is 10.8. The van der Waals surface area contributed by atoms with E-state index in [1.807, 2.05) is 12.1 Å². The number of aryl methyl sites for hydroxylation is 1. The second-order valence-corrected chi connectivity index (χ2v) is 5.04. The van der Waals surface area contributed by atoms with E-state index in [0.717, 1.165) is 37.1 Å². The van der Waals surface area contributed by atoms with Gasteiger partial charge in [-0.2, -0.15) is 0 Å². The number of hydrogen-bond acceptors (Lipinski definition) is 3. The monoisotopic (exact) mass is 234 g/mol. The highest BCUT2D eigenvalue weighted by molar-refractivity contribution is 5.57. The molecule has 1 fully saturated rings. The number of rotatable bonds is 6. The largest absolute Gasteiger partial charge is 0.399 e. The maximum atomic E-state index is 5.84. The van der Waals surface area contributed by atoms with Gasteiger partial charge in [-0.1, -0.05) is 0 Å². The summed E-state index contributed by atoms with van der Waals surface area (Å²) in [5.41, 5.74) is 9.03. The van der Waals surface area contributed by atoms with Crippen molar-refractivity contribution in [2.24, 2.45) is 5.92 Å². The first-order valence-corrected chi connectivity index (χ1v) is 6.31. The van der Waals surface area contributed by atoms with Gasteiger partial charge in [0.2, 0.25) is 0 Å². The lowest BCUT2D eigenvalue weighted by Gasteiger charge is -2.20. The normalized spacial score (nSPS) is 14.9. The van der Waals surface area contributed by atoms with E-state index in [-0.39, 0.29) is 0 Å². The zero-order valence-corrected chi connectivity index (χ0v) is 10.8. The van der Waals surface area contributed by atoms with Gasteiger partial charge in [0.05, 0.1) is 6.61 Å². The molecule has 2 N–H and O–H groups in total. The molecule has 0 bridgehead atoms. The van der Waals surface area contributed by atoms with Crippen LogP contribution in [0, 0.1) is 12.8 Å². The summed E-state index contributed by atoms with van der Waals surface area (Å²) in [7, 11) is 2.08. The molecule has 3 heteroatoms. The molecule has 1 aliphatic rings. The molecule has 0 aliphatic heterocycles. The van der Waals surface area contributed by atoms with Crippen LogP contribution in [0.1, 0.15) is 18.4 Å². The SMILES string of the molecule is Cc1cc(N)cc(N(C)CCOCC2CC2)c1. The molecule has 1 aliphatic carbocycles. The van der Waals surface area contributed by atoms with Crippen LogP contribution in [0.2, 0.25) is 0 Å². The number of likely N-dealkylation sites (N-methyl/N-ethyl adjacent to an activating group) is 1. The van der Waals surface area contributed by atoms with Crippen LogP contribution < -0.4 is 10.6 Å². The fourth-order valence-electron chi connectivity index (χ4n) is 1.88. The first-order valence-electron chi connectivity index (χ1n) is 6.31. The Balaban J connectivity index is 1.78. The van der Waals surface area contributed by atoms with Crippen molar-refractivity contribution in [2.45, 2.75) is 19.8 Å². The fourth-order valence-corrected chi connectivity index (χ4v) is 1.88. The number of benzene rings is 1. The second kappa shape index (κ2) is 5.41. The molecule has 1 aromatic rings. The van der Waals surface area contributed by atoms with Crippen LogP contribution in [-0.2, 0) is 4.74 Å². The molecule has 1 aromatic carbocycles. The van der Waals surface area contributed by atoms with Gasteiger partial charge >= 0.3 is 0 Å². The molecular weight excluding hydrogens is 212 g/mol. The number of nitrogens with two attached hydrogens (primary N) is 1. The average molecular weight is 234 g/mol. The highest BCUT2D eigenvalue weighted by Crippen LogP contribution is 2.28. The predicted molar refractivity (Wildman–Crippen MR) is 72.4 cm³/mol. The molecule has 0 atom stereocenters. The molecule has 0 amide bonds. The van der Waals surface area contributed by atoms with Gasteiger partial charge in [-0.25, -0.2) is 0 Å². The average Bonchev–Trinajstić information content (AvgIpc) is 3.06. The Labute approximate surface area is 104 Å². The van der Waals surface area contributed by atoms with Crippen molar-refractivity contribution in [3.8, 4) is 0 Å². The summed E-state index contributed by atoms with van der Waals surface area (Å²) < 4.78 is 5.64. The quantitative estimate of drug-likeness (QED) is 0.607. The lowest BCUT2D eigenvalue weighted by Crippen LogP contribution is -2.23. The third kappa shape index (κ3) is 3.93. The summed E-state index contributed by atoms with van der Waals surface area (Å²) in [5, 5.41) is 0. The van der Waals surface area contributed by atoms with Crippen LogP contribution in [0.4, 0.5) is 11.4 Å².